The van der Waals surface area contributed by atoms with E-state index in [0.29, 0.717) is 5.52 Å². The van der Waals surface area contributed by atoms with Gasteiger partial charge in [0.2, 0.25) is 5.88 Å². The summed E-state index contributed by atoms with van der Waals surface area (Å²) in [5.41, 5.74) is 0.281. The molecule has 0 aliphatic carbocycles. The zero-order chi connectivity index (χ0) is 18.2. The number of carboxylic acids is 1. The fraction of sp³-hybridized carbons (Fsp3) is 0.133. The molecule has 0 spiro atoms. The molecule has 3 aromatic rings. The number of hydrogen-bond acceptors (Lipinski definition) is 6. The van der Waals surface area contributed by atoms with Crippen molar-refractivity contribution >= 4 is 26.7 Å². The molecule has 0 fully saturated rings. The molecule has 0 aliphatic heterocycles. The summed E-state index contributed by atoms with van der Waals surface area (Å²) < 4.78 is 42.6. The van der Waals surface area contributed by atoms with Crippen molar-refractivity contribution in [3.8, 4) is 11.6 Å². The number of hydrogen-bond donors (Lipinski definition) is 2. The molecule has 2 heterocycles. The smallest absolute Gasteiger partial charge is 0.337 e. The van der Waals surface area contributed by atoms with Gasteiger partial charge >= 0.3 is 5.97 Å². The zero-order valence-electron chi connectivity index (χ0n) is 12.9. The molecule has 0 aliphatic rings. The highest BCUT2D eigenvalue weighted by atomic mass is 32.2. The van der Waals surface area contributed by atoms with Crippen molar-refractivity contribution in [1.29, 1.82) is 0 Å². The van der Waals surface area contributed by atoms with E-state index in [0.717, 1.165) is 12.6 Å². The van der Waals surface area contributed by atoms with E-state index >= 15 is 0 Å². The highest BCUT2D eigenvalue weighted by molar-refractivity contribution is 7.89. The van der Waals surface area contributed by atoms with Crippen LogP contribution in [0.2, 0.25) is 0 Å². The van der Waals surface area contributed by atoms with E-state index in [1.54, 1.807) is 0 Å². The minimum absolute atomic E-state index is 0.0562. The Morgan fingerprint density at radius 3 is 2.80 bits per heavy atom. The van der Waals surface area contributed by atoms with E-state index in [4.69, 9.17) is 9.84 Å². The Kier molecular flexibility index (Phi) is 4.13. The van der Waals surface area contributed by atoms with Gasteiger partial charge in [0.05, 0.1) is 22.4 Å². The van der Waals surface area contributed by atoms with E-state index in [1.165, 1.54) is 24.4 Å². The number of nitrogens with one attached hydrogen (secondary N) is 1. The van der Waals surface area contributed by atoms with Crippen LogP contribution < -0.4 is 4.74 Å². The molecule has 1 aromatic carbocycles. The predicted octanol–water partition coefficient (Wildman–Crippen LogP) is 2.13. The number of H-pyrrole nitrogens is 1. The molecule has 0 saturated carbocycles. The average Bonchev–Trinajstić information content (AvgIpc) is 2.94. The number of halogens is 1. The number of fused-ring (bicyclic) bond motifs is 1. The van der Waals surface area contributed by atoms with Gasteiger partial charge in [0, 0.05) is 24.0 Å². The Bertz CT molecular complexity index is 1080. The third-order valence-corrected chi connectivity index (χ3v) is 4.12. The van der Waals surface area contributed by atoms with E-state index in [9.17, 15) is 17.6 Å². The van der Waals surface area contributed by atoms with Crippen molar-refractivity contribution in [2.24, 2.45) is 0 Å². The van der Waals surface area contributed by atoms with Crippen LogP contribution >= 0.6 is 0 Å². The summed E-state index contributed by atoms with van der Waals surface area (Å²) in [5.74, 6) is -2.74. The molecular weight excluding hydrogens is 353 g/mol. The molecule has 0 bridgehead atoms. The molecule has 2 aromatic heterocycles. The van der Waals surface area contributed by atoms with E-state index in [1.807, 2.05) is 0 Å². The molecule has 25 heavy (non-hydrogen) atoms. The van der Waals surface area contributed by atoms with Gasteiger partial charge in [-0.2, -0.15) is 0 Å². The summed E-state index contributed by atoms with van der Waals surface area (Å²) in [6.07, 6.45) is 3.35. The maximum Gasteiger partial charge on any atom is 0.337 e. The number of nitrogens with zero attached hydrogens (tertiary/aromatic N) is 2. The van der Waals surface area contributed by atoms with Crippen LogP contribution in [-0.2, 0) is 15.6 Å². The van der Waals surface area contributed by atoms with Crippen molar-refractivity contribution in [1.82, 2.24) is 15.0 Å². The van der Waals surface area contributed by atoms with Crippen molar-refractivity contribution in [3.63, 3.8) is 0 Å². The summed E-state index contributed by atoms with van der Waals surface area (Å²) in [7, 11) is -3.30. The third-order valence-electron chi connectivity index (χ3n) is 3.30. The van der Waals surface area contributed by atoms with Crippen LogP contribution in [0.3, 0.4) is 0 Å². The van der Waals surface area contributed by atoms with Crippen molar-refractivity contribution in [2.45, 2.75) is 5.75 Å². The van der Waals surface area contributed by atoms with Gasteiger partial charge in [0.25, 0.3) is 0 Å². The maximum absolute atomic E-state index is 14.6. The minimum Gasteiger partial charge on any atom is -0.478 e. The van der Waals surface area contributed by atoms with Gasteiger partial charge in [-0.25, -0.2) is 27.6 Å². The second-order valence-corrected chi connectivity index (χ2v) is 7.47. The summed E-state index contributed by atoms with van der Waals surface area (Å²) in [4.78, 5) is 21.5. The summed E-state index contributed by atoms with van der Waals surface area (Å²) in [6.45, 7) is 0. The first-order valence-corrected chi connectivity index (χ1v) is 9.00. The van der Waals surface area contributed by atoms with Gasteiger partial charge in [0.15, 0.2) is 21.4 Å². The van der Waals surface area contributed by atoms with E-state index < -0.39 is 21.6 Å². The first-order valence-electron chi connectivity index (χ1n) is 6.94. The maximum atomic E-state index is 14.6. The van der Waals surface area contributed by atoms with Crippen molar-refractivity contribution in [3.05, 3.63) is 47.8 Å². The zero-order valence-corrected chi connectivity index (χ0v) is 13.7. The van der Waals surface area contributed by atoms with Gasteiger partial charge in [-0.3, -0.25) is 0 Å². The Labute approximate surface area is 141 Å². The van der Waals surface area contributed by atoms with Gasteiger partial charge < -0.3 is 14.8 Å². The monoisotopic (exact) mass is 365 g/mol. The van der Waals surface area contributed by atoms with Gasteiger partial charge in [-0.1, -0.05) is 0 Å². The minimum atomic E-state index is -3.30. The molecule has 3 rings (SSSR count). The van der Waals surface area contributed by atoms with Gasteiger partial charge in [-0.15, -0.1) is 0 Å². The van der Waals surface area contributed by atoms with Crippen LogP contribution in [0.4, 0.5) is 4.39 Å². The summed E-state index contributed by atoms with van der Waals surface area (Å²) in [5, 5.41) is 9.00. The Hall–Kier alpha value is -3.01. The first kappa shape index (κ1) is 16.8. The Morgan fingerprint density at radius 1 is 1.36 bits per heavy atom. The van der Waals surface area contributed by atoms with Gasteiger partial charge in [0.1, 0.15) is 6.33 Å². The van der Waals surface area contributed by atoms with E-state index in [-0.39, 0.29) is 34.0 Å². The molecule has 0 unspecified atom stereocenters. The average molecular weight is 365 g/mol. The second-order valence-electron chi connectivity index (χ2n) is 5.33. The number of benzene rings is 1. The highest BCUT2D eigenvalue weighted by Crippen LogP contribution is 2.31. The normalized spacial score (nSPS) is 11.6. The standard InChI is InChI=1S/C15H12FN3O5S/c1-25(22,23)6-8-4-12(19-7-18-8)24-11-3-2-10-13(14(11)16)9(5-17-10)15(20)21/h2-5,7,17H,6H2,1H3,(H,20,21). The molecule has 0 saturated heterocycles. The number of carbonyl (C=O) groups is 1. The summed E-state index contributed by atoms with van der Waals surface area (Å²) >= 11 is 0. The second kappa shape index (κ2) is 6.13. The lowest BCUT2D eigenvalue weighted by atomic mass is 10.1. The lowest BCUT2D eigenvalue weighted by Crippen LogP contribution is -2.03. The molecular formula is C15H12FN3O5S. The highest BCUT2D eigenvalue weighted by Gasteiger charge is 2.19. The van der Waals surface area contributed by atoms with Crippen LogP contribution in [-0.4, -0.2) is 40.7 Å². The molecule has 10 heteroatoms. The van der Waals surface area contributed by atoms with Crippen LogP contribution in [0.5, 0.6) is 11.6 Å². The fourth-order valence-electron chi connectivity index (χ4n) is 2.30. The number of sulfone groups is 1. The Morgan fingerprint density at radius 2 is 2.12 bits per heavy atom. The summed E-state index contributed by atoms with van der Waals surface area (Å²) in [6, 6.07) is 4.07. The van der Waals surface area contributed by atoms with E-state index in [2.05, 4.69) is 15.0 Å². The molecule has 0 atom stereocenters. The Balaban J connectivity index is 1.98. The quantitative estimate of drug-likeness (QED) is 0.710. The number of aromatic nitrogens is 3. The van der Waals surface area contributed by atoms with Crippen molar-refractivity contribution in [2.75, 3.05) is 6.26 Å². The number of rotatable bonds is 5. The first-order chi connectivity index (χ1) is 11.7. The van der Waals surface area contributed by atoms with Crippen LogP contribution in [0.1, 0.15) is 16.1 Å². The fourth-order valence-corrected chi connectivity index (χ4v) is 3.00. The van der Waals surface area contributed by atoms with Crippen LogP contribution in [0.15, 0.2) is 30.7 Å². The largest absolute Gasteiger partial charge is 0.478 e. The topological polar surface area (TPSA) is 122 Å². The number of aromatic carboxylic acids is 1. The van der Waals surface area contributed by atoms with Gasteiger partial charge in [-0.05, 0) is 12.1 Å². The lowest BCUT2D eigenvalue weighted by molar-refractivity contribution is 0.0698. The third kappa shape index (κ3) is 3.58. The molecule has 0 radical (unpaired) electrons. The number of aromatic amines is 1. The molecule has 2 N–H and O–H groups in total. The van der Waals surface area contributed by atoms with Crippen LogP contribution in [0, 0.1) is 5.82 Å². The molecule has 130 valence electrons. The molecule has 8 nitrogen and oxygen atoms in total. The number of carboxylic acid groups (broad SMARTS) is 1. The predicted molar refractivity (Wildman–Crippen MR) is 85.9 cm³/mol. The lowest BCUT2D eigenvalue weighted by Gasteiger charge is -2.08. The number of ether oxygens (including phenoxy) is 1. The SMILES string of the molecule is CS(=O)(=O)Cc1cc(Oc2ccc3[nH]cc(C(=O)O)c3c2F)ncn1. The van der Waals surface area contributed by atoms with Crippen molar-refractivity contribution < 1.29 is 27.4 Å². The molecule has 0 amide bonds. The van der Waals surface area contributed by atoms with Crippen LogP contribution in [0.25, 0.3) is 10.9 Å².